The number of rotatable bonds is 2. The highest BCUT2D eigenvalue weighted by atomic mass is 16.7. The molecule has 0 spiro atoms. The van der Waals surface area contributed by atoms with E-state index in [1.807, 2.05) is 7.05 Å². The number of urea groups is 1. The van der Waals surface area contributed by atoms with Crippen LogP contribution < -0.4 is 19.7 Å². The molecule has 4 rings (SSSR count). The lowest BCUT2D eigenvalue weighted by Gasteiger charge is -2.26. The number of hydrogen-bond acceptors (Lipinski definition) is 5. The summed E-state index contributed by atoms with van der Waals surface area (Å²) in [5, 5.41) is 2.18. The Balaban J connectivity index is 1.72. The van der Waals surface area contributed by atoms with Gasteiger partial charge in [0.1, 0.15) is 5.57 Å². The lowest BCUT2D eigenvalue weighted by molar-refractivity contribution is -0.122. The topological polar surface area (TPSA) is 89.9 Å². The summed E-state index contributed by atoms with van der Waals surface area (Å²) in [5.41, 5.74) is 0.850. The molecule has 8 heteroatoms. The fraction of sp³-hybridized carbons (Fsp3) is 0.118. The lowest BCUT2D eigenvalue weighted by Crippen LogP contribution is -2.54. The van der Waals surface area contributed by atoms with Crippen LogP contribution in [-0.4, -0.2) is 29.2 Å². The summed E-state index contributed by atoms with van der Waals surface area (Å²) >= 11 is 0. The minimum Gasteiger partial charge on any atom is -0.454 e. The van der Waals surface area contributed by atoms with Crippen LogP contribution in [0.2, 0.25) is 0 Å². The van der Waals surface area contributed by atoms with E-state index < -0.39 is 17.8 Å². The number of carbonyl (C=O) groups is 3. The zero-order valence-corrected chi connectivity index (χ0v) is 13.2. The molecule has 0 radical (unpaired) electrons. The van der Waals surface area contributed by atoms with E-state index in [1.54, 1.807) is 35.2 Å². The third-order valence-electron chi connectivity index (χ3n) is 3.88. The number of imide groups is 2. The highest BCUT2D eigenvalue weighted by Gasteiger charge is 2.37. The number of aryl methyl sites for hydroxylation is 1. The Morgan fingerprint density at radius 1 is 1.12 bits per heavy atom. The number of barbiturate groups is 1. The van der Waals surface area contributed by atoms with E-state index in [9.17, 15) is 14.4 Å². The summed E-state index contributed by atoms with van der Waals surface area (Å²) < 4.78 is 12.3. The Labute approximate surface area is 142 Å². The molecule has 1 fully saturated rings. The van der Waals surface area contributed by atoms with Crippen LogP contribution in [0.3, 0.4) is 0 Å². The monoisotopic (exact) mass is 339 g/mol. The number of nitrogens with zero attached hydrogens (tertiary/aromatic N) is 2. The number of carbonyl (C=O) groups excluding carboxylic acids is 3. The molecule has 0 unspecified atom stereocenters. The van der Waals surface area contributed by atoms with Gasteiger partial charge in [0.25, 0.3) is 11.8 Å². The molecule has 0 aliphatic carbocycles. The molecular formula is C17H13N3O5. The molecular weight excluding hydrogens is 326 g/mol. The first-order valence-corrected chi connectivity index (χ1v) is 7.46. The lowest BCUT2D eigenvalue weighted by atomic mass is 10.1. The Morgan fingerprint density at radius 2 is 1.92 bits per heavy atom. The number of anilines is 1. The van der Waals surface area contributed by atoms with Gasteiger partial charge in [0, 0.05) is 25.5 Å². The molecule has 2 aromatic rings. The van der Waals surface area contributed by atoms with Crippen molar-refractivity contribution in [2.24, 2.45) is 7.05 Å². The van der Waals surface area contributed by atoms with E-state index in [4.69, 9.17) is 9.47 Å². The second kappa shape index (κ2) is 5.52. The Hall–Kier alpha value is -3.55. The number of hydrogen-bond donors (Lipinski definition) is 1. The molecule has 1 N–H and O–H groups in total. The number of ether oxygens (including phenoxy) is 2. The van der Waals surface area contributed by atoms with Gasteiger partial charge in [0.2, 0.25) is 6.79 Å². The van der Waals surface area contributed by atoms with Crippen molar-refractivity contribution in [3.63, 3.8) is 0 Å². The van der Waals surface area contributed by atoms with Crippen molar-refractivity contribution in [1.82, 2.24) is 9.88 Å². The highest BCUT2D eigenvalue weighted by molar-refractivity contribution is 6.39. The molecule has 2 aliphatic heterocycles. The third-order valence-corrected chi connectivity index (χ3v) is 3.88. The first-order valence-electron chi connectivity index (χ1n) is 7.46. The largest absolute Gasteiger partial charge is 0.454 e. The Morgan fingerprint density at radius 3 is 2.68 bits per heavy atom. The summed E-state index contributed by atoms with van der Waals surface area (Å²) in [4.78, 5) is 37.9. The number of fused-ring (bicyclic) bond motifs is 1. The summed E-state index contributed by atoms with van der Waals surface area (Å²) in [5.74, 6) is -0.458. The van der Waals surface area contributed by atoms with E-state index >= 15 is 0 Å². The van der Waals surface area contributed by atoms with Crippen LogP contribution in [-0.2, 0) is 16.6 Å². The van der Waals surface area contributed by atoms with Gasteiger partial charge in [0.05, 0.1) is 5.69 Å². The molecule has 0 bridgehead atoms. The second-order valence-corrected chi connectivity index (χ2v) is 5.61. The van der Waals surface area contributed by atoms with Crippen molar-refractivity contribution in [2.45, 2.75) is 0 Å². The molecule has 2 aliphatic rings. The maximum Gasteiger partial charge on any atom is 0.335 e. The van der Waals surface area contributed by atoms with Crippen molar-refractivity contribution in [1.29, 1.82) is 0 Å². The molecule has 0 saturated carbocycles. The summed E-state index contributed by atoms with van der Waals surface area (Å²) in [6.07, 6.45) is 5.00. The van der Waals surface area contributed by atoms with Crippen molar-refractivity contribution >= 4 is 29.6 Å². The fourth-order valence-corrected chi connectivity index (χ4v) is 2.69. The Kier molecular flexibility index (Phi) is 3.31. The quantitative estimate of drug-likeness (QED) is 0.660. The molecule has 4 amide bonds. The van der Waals surface area contributed by atoms with Crippen molar-refractivity contribution in [3.05, 3.63) is 47.8 Å². The summed E-state index contributed by atoms with van der Waals surface area (Å²) in [7, 11) is 1.83. The van der Waals surface area contributed by atoms with E-state index in [-0.39, 0.29) is 12.4 Å². The standard InChI is InChI=1S/C17H13N3O5/c1-19-5-4-10(8-19)6-12-15(21)18-17(23)20(16(12)22)11-2-3-13-14(7-11)25-9-24-13/h2-8H,9H2,1H3,(H,18,21,23)/b12-6-. The minimum absolute atomic E-state index is 0.0799. The van der Waals surface area contributed by atoms with E-state index in [1.165, 1.54) is 12.1 Å². The van der Waals surface area contributed by atoms with Crippen LogP contribution >= 0.6 is 0 Å². The van der Waals surface area contributed by atoms with Gasteiger partial charge in [-0.2, -0.15) is 0 Å². The fourth-order valence-electron chi connectivity index (χ4n) is 2.69. The van der Waals surface area contributed by atoms with Gasteiger partial charge in [-0.15, -0.1) is 0 Å². The van der Waals surface area contributed by atoms with Crippen LogP contribution in [0.5, 0.6) is 11.5 Å². The number of nitrogens with one attached hydrogen (secondary N) is 1. The van der Waals surface area contributed by atoms with Crippen LogP contribution in [0.25, 0.3) is 6.08 Å². The number of benzene rings is 1. The predicted octanol–water partition coefficient (Wildman–Crippen LogP) is 1.42. The average molecular weight is 339 g/mol. The van der Waals surface area contributed by atoms with Crippen LogP contribution in [0.1, 0.15) is 5.56 Å². The van der Waals surface area contributed by atoms with Crippen molar-refractivity contribution in [3.8, 4) is 11.5 Å². The zero-order valence-electron chi connectivity index (χ0n) is 13.2. The molecule has 1 aromatic carbocycles. The molecule has 0 atom stereocenters. The molecule has 8 nitrogen and oxygen atoms in total. The van der Waals surface area contributed by atoms with E-state index in [0.717, 1.165) is 4.90 Å². The van der Waals surface area contributed by atoms with E-state index in [2.05, 4.69) is 5.32 Å². The Bertz CT molecular complexity index is 944. The van der Waals surface area contributed by atoms with Gasteiger partial charge in [-0.25, -0.2) is 9.69 Å². The first kappa shape index (κ1) is 15.0. The van der Waals surface area contributed by atoms with Gasteiger partial charge in [-0.05, 0) is 29.8 Å². The number of aromatic nitrogens is 1. The van der Waals surface area contributed by atoms with E-state index in [0.29, 0.717) is 22.7 Å². The van der Waals surface area contributed by atoms with Gasteiger partial charge >= 0.3 is 6.03 Å². The van der Waals surface area contributed by atoms with Crippen molar-refractivity contribution in [2.75, 3.05) is 11.7 Å². The summed E-state index contributed by atoms with van der Waals surface area (Å²) in [6, 6.07) is 5.64. The molecule has 1 saturated heterocycles. The van der Waals surface area contributed by atoms with Crippen molar-refractivity contribution < 1.29 is 23.9 Å². The minimum atomic E-state index is -0.806. The first-order chi connectivity index (χ1) is 12.0. The van der Waals surface area contributed by atoms with Crippen LogP contribution in [0.4, 0.5) is 10.5 Å². The SMILES string of the molecule is Cn1ccc(/C=C2/C(=O)NC(=O)N(c3ccc4c(c3)OCO4)C2=O)c1. The smallest absolute Gasteiger partial charge is 0.335 e. The van der Waals surface area contributed by atoms with Gasteiger partial charge in [-0.1, -0.05) is 0 Å². The second-order valence-electron chi connectivity index (χ2n) is 5.61. The molecule has 1 aromatic heterocycles. The maximum atomic E-state index is 12.8. The molecule has 126 valence electrons. The highest BCUT2D eigenvalue weighted by Crippen LogP contribution is 2.36. The summed E-state index contributed by atoms with van der Waals surface area (Å²) in [6.45, 7) is 0.0799. The van der Waals surface area contributed by atoms with Gasteiger partial charge in [-0.3, -0.25) is 14.9 Å². The number of amides is 4. The normalized spacial score (nSPS) is 18.0. The average Bonchev–Trinajstić information content (AvgIpc) is 3.19. The third kappa shape index (κ3) is 2.53. The zero-order chi connectivity index (χ0) is 17.6. The van der Waals surface area contributed by atoms with Gasteiger partial charge < -0.3 is 14.0 Å². The van der Waals surface area contributed by atoms with Crippen LogP contribution in [0, 0.1) is 0 Å². The molecule has 3 heterocycles. The van der Waals surface area contributed by atoms with Crippen LogP contribution in [0.15, 0.2) is 42.2 Å². The maximum absolute atomic E-state index is 12.8. The van der Waals surface area contributed by atoms with Gasteiger partial charge in [0.15, 0.2) is 11.5 Å². The predicted molar refractivity (Wildman–Crippen MR) is 87.0 cm³/mol. The molecule has 25 heavy (non-hydrogen) atoms.